The topological polar surface area (TPSA) is 138 Å². The summed E-state index contributed by atoms with van der Waals surface area (Å²) in [6.07, 6.45) is -4.82. The molecule has 0 aliphatic carbocycles. The number of amides is 2. The minimum Gasteiger partial charge on any atom is -0.478 e. The predicted octanol–water partition coefficient (Wildman–Crippen LogP) is 5.35. The zero-order chi connectivity index (χ0) is 33.0. The van der Waals surface area contributed by atoms with Crippen molar-refractivity contribution < 1.29 is 47.2 Å². The maximum Gasteiger partial charge on any atom is 0.471 e. The number of carbonyl (C=O) groups is 3. The van der Waals surface area contributed by atoms with Gasteiger partial charge in [-0.05, 0) is 48.2 Å². The van der Waals surface area contributed by atoms with Crippen molar-refractivity contribution in [2.45, 2.75) is 62.1 Å². The SMILES string of the molecule is C[C@H]1[C@@H](CSc2ncccc2C(=O)O)O[C@@H](c2ccc(NC(=O)[C@@H]3CCCN3C(=O)C(F)(F)F)cc2)O[C@H]1c1ccc(CO)cc1. The quantitative estimate of drug-likeness (QED) is 0.260. The zero-order valence-corrected chi connectivity index (χ0v) is 25.5. The normalized spacial score (nSPS) is 23.2. The van der Waals surface area contributed by atoms with Gasteiger partial charge in [-0.25, -0.2) is 9.78 Å². The van der Waals surface area contributed by atoms with Crippen molar-refractivity contribution in [3.8, 4) is 0 Å². The zero-order valence-electron chi connectivity index (χ0n) is 24.6. The molecule has 3 N–H and O–H groups in total. The summed E-state index contributed by atoms with van der Waals surface area (Å²) in [6, 6.07) is 15.6. The molecule has 1 aromatic heterocycles. The number of anilines is 1. The Kier molecular flexibility index (Phi) is 10.3. The summed E-state index contributed by atoms with van der Waals surface area (Å²) in [4.78, 5) is 41.1. The van der Waals surface area contributed by atoms with Gasteiger partial charge in [-0.3, -0.25) is 9.59 Å². The number of aliphatic hydroxyl groups is 1. The first-order valence-corrected chi connectivity index (χ1v) is 15.5. The van der Waals surface area contributed by atoms with Crippen molar-refractivity contribution in [1.82, 2.24) is 9.88 Å². The van der Waals surface area contributed by atoms with Crippen molar-refractivity contribution in [2.24, 2.45) is 5.92 Å². The third-order valence-corrected chi connectivity index (χ3v) is 9.11. The van der Waals surface area contributed by atoms with E-state index in [4.69, 9.17) is 9.47 Å². The van der Waals surface area contributed by atoms with E-state index in [1.807, 2.05) is 19.1 Å². The lowest BCUT2D eigenvalue weighted by molar-refractivity contribution is -0.268. The number of ether oxygens (including phenoxy) is 2. The van der Waals surface area contributed by atoms with Crippen LogP contribution in [-0.2, 0) is 25.7 Å². The molecule has 46 heavy (non-hydrogen) atoms. The Morgan fingerprint density at radius 2 is 1.74 bits per heavy atom. The smallest absolute Gasteiger partial charge is 0.471 e. The number of thioether (sulfide) groups is 1. The Morgan fingerprint density at radius 1 is 1.04 bits per heavy atom. The summed E-state index contributed by atoms with van der Waals surface area (Å²) in [5.74, 6) is -3.63. The molecule has 2 aromatic carbocycles. The van der Waals surface area contributed by atoms with Crippen LogP contribution in [0.1, 0.15) is 59.2 Å². The average molecular weight is 660 g/mol. The molecule has 5 rings (SSSR count). The van der Waals surface area contributed by atoms with Gasteiger partial charge in [-0.2, -0.15) is 13.2 Å². The van der Waals surface area contributed by atoms with Crippen LogP contribution in [0.3, 0.4) is 0 Å². The van der Waals surface area contributed by atoms with Gasteiger partial charge in [0.1, 0.15) is 11.1 Å². The molecule has 0 saturated carbocycles. The van der Waals surface area contributed by atoms with E-state index in [1.54, 1.807) is 42.5 Å². The fourth-order valence-corrected chi connectivity index (χ4v) is 6.68. The number of halogens is 3. The molecule has 0 radical (unpaired) electrons. The standard InChI is InChI=1S/C32H32F3N3O7S/c1-18-25(17-46-28-23(29(41)42)4-2-14-36-28)44-30(45-26(18)20-8-6-19(16-39)7-9-20)21-10-12-22(13-11-21)37-27(40)24-5-3-15-38(24)31(43)32(33,34)35/h2,4,6-14,18,24-26,30,39H,3,5,15-17H2,1H3,(H,37,40)(H,41,42)/t18-,24-,25+,26+,30+/m0/s1. The number of hydrogen-bond donors (Lipinski definition) is 3. The number of pyridine rings is 1. The summed E-state index contributed by atoms with van der Waals surface area (Å²) >= 11 is 1.26. The lowest BCUT2D eigenvalue weighted by atomic mass is 9.91. The second-order valence-electron chi connectivity index (χ2n) is 11.1. The number of benzene rings is 2. The number of carbonyl (C=O) groups excluding carboxylic acids is 2. The minimum absolute atomic E-state index is 0.0843. The van der Waals surface area contributed by atoms with Crippen LogP contribution in [0.15, 0.2) is 71.9 Å². The highest BCUT2D eigenvalue weighted by molar-refractivity contribution is 7.99. The molecule has 0 unspecified atom stereocenters. The maximum absolute atomic E-state index is 13.0. The van der Waals surface area contributed by atoms with Crippen molar-refractivity contribution in [1.29, 1.82) is 0 Å². The van der Waals surface area contributed by atoms with Crippen LogP contribution < -0.4 is 5.32 Å². The molecule has 2 aliphatic heterocycles. The van der Waals surface area contributed by atoms with Crippen LogP contribution in [0.5, 0.6) is 0 Å². The van der Waals surface area contributed by atoms with Crippen molar-refractivity contribution in [3.63, 3.8) is 0 Å². The largest absolute Gasteiger partial charge is 0.478 e. The fraction of sp³-hybridized carbons (Fsp3) is 0.375. The molecule has 2 saturated heterocycles. The number of hydrogen-bond acceptors (Lipinski definition) is 8. The molecule has 244 valence electrons. The Labute approximate surface area is 266 Å². The highest BCUT2D eigenvalue weighted by Crippen LogP contribution is 2.43. The molecule has 2 amide bonds. The number of likely N-dealkylation sites (tertiary alicyclic amines) is 1. The third-order valence-electron chi connectivity index (χ3n) is 8.02. The minimum atomic E-state index is -5.06. The number of rotatable bonds is 9. The van der Waals surface area contributed by atoms with Crippen LogP contribution in [0, 0.1) is 5.92 Å². The molecule has 2 aliphatic rings. The number of carboxylic acids is 1. The third kappa shape index (κ3) is 7.52. The Balaban J connectivity index is 1.33. The molecule has 0 bridgehead atoms. The summed E-state index contributed by atoms with van der Waals surface area (Å²) in [6.45, 7) is 1.71. The van der Waals surface area contributed by atoms with Gasteiger partial charge >= 0.3 is 18.1 Å². The molecule has 10 nitrogen and oxygen atoms in total. The van der Waals surface area contributed by atoms with Crippen molar-refractivity contribution in [3.05, 3.63) is 89.1 Å². The van der Waals surface area contributed by atoms with Crippen LogP contribution in [0.2, 0.25) is 0 Å². The van der Waals surface area contributed by atoms with E-state index in [-0.39, 0.29) is 37.5 Å². The molecule has 2 fully saturated rings. The maximum atomic E-state index is 13.0. The van der Waals surface area contributed by atoms with Crippen LogP contribution in [0.25, 0.3) is 0 Å². The van der Waals surface area contributed by atoms with Crippen LogP contribution in [-0.4, -0.2) is 68.5 Å². The van der Waals surface area contributed by atoms with E-state index in [1.165, 1.54) is 24.0 Å². The van der Waals surface area contributed by atoms with Gasteiger partial charge in [0.15, 0.2) is 6.29 Å². The molecular weight excluding hydrogens is 627 g/mol. The van der Waals surface area contributed by atoms with E-state index < -0.39 is 48.5 Å². The number of aromatic nitrogens is 1. The van der Waals surface area contributed by atoms with Gasteiger partial charge < -0.3 is 29.9 Å². The Hall–Kier alpha value is -3.98. The summed E-state index contributed by atoms with van der Waals surface area (Å²) < 4.78 is 51.8. The highest BCUT2D eigenvalue weighted by Gasteiger charge is 2.47. The summed E-state index contributed by atoms with van der Waals surface area (Å²) in [5.41, 5.74) is 2.61. The van der Waals surface area contributed by atoms with Crippen LogP contribution in [0.4, 0.5) is 18.9 Å². The summed E-state index contributed by atoms with van der Waals surface area (Å²) in [5, 5.41) is 22.0. The fourth-order valence-electron chi connectivity index (χ4n) is 5.53. The van der Waals surface area contributed by atoms with Gasteiger partial charge in [-0.1, -0.05) is 43.3 Å². The highest BCUT2D eigenvalue weighted by atomic mass is 32.2. The molecular formula is C32H32F3N3O7S. The lowest BCUT2D eigenvalue weighted by Crippen LogP contribution is -2.48. The Bertz CT molecular complexity index is 1560. The van der Waals surface area contributed by atoms with E-state index in [2.05, 4.69) is 10.3 Å². The van der Waals surface area contributed by atoms with Crippen LogP contribution >= 0.6 is 11.8 Å². The number of aliphatic hydroxyl groups excluding tert-OH is 1. The van der Waals surface area contributed by atoms with Crippen molar-refractivity contribution in [2.75, 3.05) is 17.6 Å². The number of nitrogens with zero attached hydrogens (tertiary/aromatic N) is 2. The number of alkyl halides is 3. The second-order valence-corrected chi connectivity index (χ2v) is 12.1. The second kappa shape index (κ2) is 14.2. The molecule has 3 aromatic rings. The van der Waals surface area contributed by atoms with Crippen molar-refractivity contribution >= 4 is 35.2 Å². The molecule has 0 spiro atoms. The number of nitrogens with one attached hydrogen (secondary N) is 1. The van der Waals surface area contributed by atoms with E-state index in [9.17, 15) is 37.8 Å². The van der Waals surface area contributed by atoms with Gasteiger partial charge in [0, 0.05) is 35.7 Å². The average Bonchev–Trinajstić information content (AvgIpc) is 3.54. The number of carboxylic acid groups (broad SMARTS) is 1. The summed E-state index contributed by atoms with van der Waals surface area (Å²) in [7, 11) is 0. The first-order chi connectivity index (χ1) is 22.0. The first-order valence-electron chi connectivity index (χ1n) is 14.6. The first kappa shape index (κ1) is 33.4. The van der Waals surface area contributed by atoms with E-state index in [0.717, 1.165) is 11.1 Å². The Morgan fingerprint density at radius 3 is 2.39 bits per heavy atom. The van der Waals surface area contributed by atoms with Gasteiger partial charge in [-0.15, -0.1) is 11.8 Å². The van der Waals surface area contributed by atoms with Gasteiger partial charge in [0.2, 0.25) is 5.91 Å². The van der Waals surface area contributed by atoms with E-state index >= 15 is 0 Å². The molecule has 14 heteroatoms. The lowest BCUT2D eigenvalue weighted by Gasteiger charge is -2.41. The van der Waals surface area contributed by atoms with Gasteiger partial charge in [0.05, 0.1) is 24.4 Å². The molecule has 3 heterocycles. The molecule has 5 atom stereocenters. The number of aromatic carboxylic acids is 1. The van der Waals surface area contributed by atoms with E-state index in [0.29, 0.717) is 26.9 Å². The predicted molar refractivity (Wildman–Crippen MR) is 161 cm³/mol. The monoisotopic (exact) mass is 659 g/mol. The van der Waals surface area contributed by atoms with Gasteiger partial charge in [0.25, 0.3) is 0 Å².